The van der Waals surface area contributed by atoms with Crippen molar-refractivity contribution in [2.75, 3.05) is 47.4 Å². The second-order valence-electron chi connectivity index (χ2n) is 8.61. The molecule has 3 rings (SSSR count). The number of ether oxygens (including phenoxy) is 2. The number of amides is 1. The molecular formula is C26H38Cl2N2O3. The summed E-state index contributed by atoms with van der Waals surface area (Å²) in [5.41, 5.74) is 6.37. The van der Waals surface area contributed by atoms with Crippen LogP contribution in [-0.4, -0.2) is 63.2 Å². The van der Waals surface area contributed by atoms with E-state index < -0.39 is 0 Å². The van der Waals surface area contributed by atoms with Gasteiger partial charge in [0.15, 0.2) is 11.5 Å². The van der Waals surface area contributed by atoms with Crippen LogP contribution in [0.15, 0.2) is 30.3 Å². The molecule has 1 amide bonds. The minimum absolute atomic E-state index is 0. The third-order valence-electron chi connectivity index (χ3n) is 6.36. The van der Waals surface area contributed by atoms with E-state index in [4.69, 9.17) is 9.47 Å². The second kappa shape index (κ2) is 13.7. The molecule has 1 aliphatic rings. The third kappa shape index (κ3) is 7.80. The highest BCUT2D eigenvalue weighted by molar-refractivity contribution is 5.85. The first-order valence-electron chi connectivity index (χ1n) is 11.2. The lowest BCUT2D eigenvalue weighted by Crippen LogP contribution is -2.35. The maximum atomic E-state index is 12.8. The third-order valence-corrected chi connectivity index (χ3v) is 6.36. The first-order chi connectivity index (χ1) is 14.9. The Balaban J connectivity index is 0.00000272. The molecule has 0 radical (unpaired) electrons. The van der Waals surface area contributed by atoms with E-state index in [1.807, 2.05) is 17.0 Å². The predicted octanol–water partition coefficient (Wildman–Crippen LogP) is 4.66. The predicted molar refractivity (Wildman–Crippen MR) is 140 cm³/mol. The van der Waals surface area contributed by atoms with E-state index >= 15 is 0 Å². The molecule has 184 valence electrons. The van der Waals surface area contributed by atoms with Gasteiger partial charge >= 0.3 is 0 Å². The Morgan fingerprint density at radius 2 is 1.61 bits per heavy atom. The summed E-state index contributed by atoms with van der Waals surface area (Å²) in [5, 5.41) is 0. The number of fused-ring (bicyclic) bond motifs is 1. The number of halogens is 2. The molecule has 1 aliphatic heterocycles. The summed E-state index contributed by atoms with van der Waals surface area (Å²) in [4.78, 5) is 17.1. The standard InChI is InChI=1S/C26H36N2O3.2ClH/c1-19-15-22-10-14-28(26(29)18-23(22)16-20(19)2)12-6-11-27(3)13-9-21-7-8-24(30-4)25(17-21)31-5;;/h7-8,15-17H,6,9-14,18H2,1-5H3;2*1H. The van der Waals surface area contributed by atoms with Crippen LogP contribution in [0.25, 0.3) is 0 Å². The van der Waals surface area contributed by atoms with Crippen LogP contribution >= 0.6 is 24.8 Å². The van der Waals surface area contributed by atoms with Crippen molar-refractivity contribution in [1.82, 2.24) is 9.80 Å². The van der Waals surface area contributed by atoms with Crippen LogP contribution in [0.2, 0.25) is 0 Å². The fourth-order valence-corrected chi connectivity index (χ4v) is 4.22. The van der Waals surface area contributed by atoms with E-state index in [1.54, 1.807) is 14.2 Å². The quantitative estimate of drug-likeness (QED) is 0.506. The Bertz CT molecular complexity index is 921. The molecule has 0 N–H and O–H groups in total. The fourth-order valence-electron chi connectivity index (χ4n) is 4.22. The average Bonchev–Trinajstić information content (AvgIpc) is 2.91. The molecular weight excluding hydrogens is 459 g/mol. The Morgan fingerprint density at radius 3 is 2.27 bits per heavy atom. The van der Waals surface area contributed by atoms with Crippen molar-refractivity contribution in [3.63, 3.8) is 0 Å². The van der Waals surface area contributed by atoms with Gasteiger partial charge in [0.1, 0.15) is 0 Å². The molecule has 0 aromatic heterocycles. The second-order valence-corrected chi connectivity index (χ2v) is 8.61. The van der Waals surface area contributed by atoms with Crippen molar-refractivity contribution < 1.29 is 14.3 Å². The highest BCUT2D eigenvalue weighted by Crippen LogP contribution is 2.27. The smallest absolute Gasteiger partial charge is 0.227 e. The van der Waals surface area contributed by atoms with Crippen LogP contribution in [0.3, 0.4) is 0 Å². The molecule has 0 bridgehead atoms. The molecule has 33 heavy (non-hydrogen) atoms. The Labute approximate surface area is 211 Å². The molecule has 0 saturated heterocycles. The molecule has 2 aromatic carbocycles. The Hall–Kier alpha value is -1.95. The van der Waals surface area contributed by atoms with Crippen molar-refractivity contribution in [1.29, 1.82) is 0 Å². The molecule has 2 aromatic rings. The number of likely N-dealkylation sites (N-methyl/N-ethyl adjacent to an activating group) is 1. The van der Waals surface area contributed by atoms with Gasteiger partial charge < -0.3 is 19.3 Å². The van der Waals surface area contributed by atoms with Crippen molar-refractivity contribution in [2.24, 2.45) is 0 Å². The zero-order valence-corrected chi connectivity index (χ0v) is 22.1. The van der Waals surface area contributed by atoms with Gasteiger partial charge in [0.25, 0.3) is 0 Å². The van der Waals surface area contributed by atoms with Crippen LogP contribution in [0, 0.1) is 13.8 Å². The average molecular weight is 498 g/mol. The number of carbonyl (C=O) groups excluding carboxylic acids is 1. The SMILES string of the molecule is COc1ccc(CCN(C)CCCN2CCc3cc(C)c(C)cc3CC2=O)cc1OC.Cl.Cl. The van der Waals surface area contributed by atoms with Crippen molar-refractivity contribution >= 4 is 30.7 Å². The van der Waals surface area contributed by atoms with Gasteiger partial charge in [-0.2, -0.15) is 0 Å². The summed E-state index contributed by atoms with van der Waals surface area (Å²) in [6.07, 6.45) is 3.43. The number of rotatable bonds is 9. The van der Waals surface area contributed by atoms with Crippen LogP contribution in [0.5, 0.6) is 11.5 Å². The van der Waals surface area contributed by atoms with Crippen molar-refractivity contribution in [2.45, 2.75) is 39.5 Å². The normalized spacial score (nSPS) is 13.0. The fraction of sp³-hybridized carbons (Fsp3) is 0.500. The molecule has 0 fully saturated rings. The van der Waals surface area contributed by atoms with Gasteiger partial charge in [-0.3, -0.25) is 4.79 Å². The number of benzene rings is 2. The number of carbonyl (C=O) groups is 1. The van der Waals surface area contributed by atoms with E-state index in [9.17, 15) is 4.79 Å². The summed E-state index contributed by atoms with van der Waals surface area (Å²) in [5.74, 6) is 1.79. The zero-order valence-electron chi connectivity index (χ0n) is 20.5. The van der Waals surface area contributed by atoms with Crippen LogP contribution in [-0.2, 0) is 24.1 Å². The topological polar surface area (TPSA) is 42.0 Å². The molecule has 0 spiro atoms. The first-order valence-corrected chi connectivity index (χ1v) is 11.2. The van der Waals surface area contributed by atoms with Gasteiger partial charge in [-0.25, -0.2) is 0 Å². The lowest BCUT2D eigenvalue weighted by atomic mass is 9.97. The van der Waals surface area contributed by atoms with E-state index in [-0.39, 0.29) is 30.7 Å². The molecule has 0 saturated carbocycles. The summed E-state index contributed by atoms with van der Waals surface area (Å²) in [6, 6.07) is 10.6. The van der Waals surface area contributed by atoms with Gasteiger partial charge in [0.2, 0.25) is 5.91 Å². The van der Waals surface area contributed by atoms with Gasteiger partial charge in [0.05, 0.1) is 20.6 Å². The lowest BCUT2D eigenvalue weighted by Gasteiger charge is -2.23. The molecule has 1 heterocycles. The van der Waals surface area contributed by atoms with Crippen LogP contribution in [0.1, 0.15) is 34.2 Å². The largest absolute Gasteiger partial charge is 0.493 e. The van der Waals surface area contributed by atoms with Crippen LogP contribution in [0.4, 0.5) is 0 Å². The monoisotopic (exact) mass is 496 g/mol. The van der Waals surface area contributed by atoms with E-state index in [2.05, 4.69) is 44.0 Å². The lowest BCUT2D eigenvalue weighted by molar-refractivity contribution is -0.130. The minimum atomic E-state index is 0. The van der Waals surface area contributed by atoms with Gasteiger partial charge in [-0.1, -0.05) is 18.2 Å². The molecule has 7 heteroatoms. The maximum absolute atomic E-state index is 12.8. The summed E-state index contributed by atoms with van der Waals surface area (Å²) < 4.78 is 10.7. The highest BCUT2D eigenvalue weighted by Gasteiger charge is 2.21. The number of nitrogens with zero attached hydrogens (tertiary/aromatic N) is 2. The van der Waals surface area contributed by atoms with E-state index in [0.717, 1.165) is 56.9 Å². The van der Waals surface area contributed by atoms with E-state index in [0.29, 0.717) is 6.42 Å². The van der Waals surface area contributed by atoms with Crippen molar-refractivity contribution in [3.8, 4) is 11.5 Å². The maximum Gasteiger partial charge on any atom is 0.227 e. The number of hydrogen-bond acceptors (Lipinski definition) is 4. The molecule has 0 aliphatic carbocycles. The Kier molecular flexibility index (Phi) is 12.1. The van der Waals surface area contributed by atoms with Gasteiger partial charge in [-0.15, -0.1) is 24.8 Å². The zero-order chi connectivity index (χ0) is 22.4. The number of hydrogen-bond donors (Lipinski definition) is 0. The van der Waals surface area contributed by atoms with Gasteiger partial charge in [0, 0.05) is 19.6 Å². The van der Waals surface area contributed by atoms with Crippen LogP contribution < -0.4 is 9.47 Å². The van der Waals surface area contributed by atoms with Gasteiger partial charge in [-0.05, 0) is 86.7 Å². The first kappa shape index (κ1) is 29.1. The Morgan fingerprint density at radius 1 is 0.939 bits per heavy atom. The van der Waals surface area contributed by atoms with Crippen molar-refractivity contribution in [3.05, 3.63) is 58.1 Å². The summed E-state index contributed by atoms with van der Waals surface area (Å²) >= 11 is 0. The molecule has 0 unspecified atom stereocenters. The summed E-state index contributed by atoms with van der Waals surface area (Å²) in [6.45, 7) is 7.86. The highest BCUT2D eigenvalue weighted by atomic mass is 35.5. The number of aryl methyl sites for hydroxylation is 2. The molecule has 5 nitrogen and oxygen atoms in total. The minimum Gasteiger partial charge on any atom is -0.493 e. The number of methoxy groups -OCH3 is 2. The summed E-state index contributed by atoms with van der Waals surface area (Å²) in [7, 11) is 5.46. The molecule has 0 atom stereocenters. The van der Waals surface area contributed by atoms with E-state index in [1.165, 1.54) is 27.8 Å².